The molecule has 0 spiro atoms. The Hall–Kier alpha value is -5.34. The highest BCUT2D eigenvalue weighted by Crippen LogP contribution is 2.32. The van der Waals surface area contributed by atoms with Crippen LogP contribution in [0.25, 0.3) is 0 Å². The van der Waals surface area contributed by atoms with Crippen LogP contribution in [0.3, 0.4) is 0 Å². The van der Waals surface area contributed by atoms with Gasteiger partial charge in [-0.3, -0.25) is 10.1 Å². The van der Waals surface area contributed by atoms with E-state index in [1.807, 2.05) is 121 Å². The topological polar surface area (TPSA) is 98.5 Å². The fraction of sp³-hybridized carbons (Fsp3) is 0.256. The average Bonchev–Trinajstić information content (AvgIpc) is 3.19. The van der Waals surface area contributed by atoms with Crippen LogP contribution in [0.2, 0.25) is 0 Å². The zero-order valence-corrected chi connectivity index (χ0v) is 28.9. The van der Waals surface area contributed by atoms with Gasteiger partial charge in [0.1, 0.15) is 41.8 Å². The van der Waals surface area contributed by atoms with Crippen molar-refractivity contribution < 1.29 is 33.3 Å². The molecular weight excluding hydrogens is 658 g/mol. The number of nitro benzene ring substituents is 1. The standard InChI is InChI=1S/C43H41NO8/c1-47-38-24-14-23-37(44(45)46)36(38)25-26-39-41(49-28-33-17-8-3-9-18-33)43(51-30-35-21-12-5-13-22-35)42(50-29-34-19-10-4-11-20-34)40(52-39)31-48-27-32-15-6-2-7-16-32/h2-24,39-43H,27-31H2,1H3/t39-,40+,41-,42+,43+/m0/s1. The molecule has 1 heterocycles. The van der Waals surface area contributed by atoms with Crippen LogP contribution in [-0.2, 0) is 50.1 Å². The van der Waals surface area contributed by atoms with E-state index in [4.69, 9.17) is 28.4 Å². The lowest BCUT2D eigenvalue weighted by Gasteiger charge is -2.45. The number of hydrogen-bond acceptors (Lipinski definition) is 8. The van der Waals surface area contributed by atoms with Gasteiger partial charge >= 0.3 is 0 Å². The van der Waals surface area contributed by atoms with Crippen LogP contribution in [0, 0.1) is 22.0 Å². The molecule has 0 unspecified atom stereocenters. The van der Waals surface area contributed by atoms with Crippen LogP contribution < -0.4 is 4.74 Å². The van der Waals surface area contributed by atoms with Crippen molar-refractivity contribution in [2.75, 3.05) is 13.7 Å². The molecule has 0 aliphatic carbocycles. The van der Waals surface area contributed by atoms with Gasteiger partial charge in [0, 0.05) is 6.07 Å². The lowest BCUT2D eigenvalue weighted by Crippen LogP contribution is -2.60. The number of nitro groups is 1. The molecule has 6 rings (SSSR count). The number of hydrogen-bond donors (Lipinski definition) is 0. The van der Waals surface area contributed by atoms with Gasteiger partial charge < -0.3 is 28.4 Å². The quantitative estimate of drug-likeness (QED) is 0.0623. The summed E-state index contributed by atoms with van der Waals surface area (Å²) in [7, 11) is 1.45. The number of ether oxygens (including phenoxy) is 6. The van der Waals surface area contributed by atoms with E-state index in [0.29, 0.717) is 13.2 Å². The third kappa shape index (κ3) is 9.92. The monoisotopic (exact) mass is 699 g/mol. The Kier molecular flexibility index (Phi) is 13.2. The number of rotatable bonds is 15. The molecule has 5 aromatic carbocycles. The Balaban J connectivity index is 1.39. The van der Waals surface area contributed by atoms with Gasteiger partial charge in [-0.15, -0.1) is 0 Å². The van der Waals surface area contributed by atoms with Gasteiger partial charge in [-0.05, 0) is 28.3 Å². The van der Waals surface area contributed by atoms with Gasteiger partial charge in [-0.2, -0.15) is 0 Å². The highest BCUT2D eigenvalue weighted by molar-refractivity contribution is 5.59. The Morgan fingerprint density at radius 3 is 1.60 bits per heavy atom. The van der Waals surface area contributed by atoms with Crippen LogP contribution in [0.15, 0.2) is 140 Å². The van der Waals surface area contributed by atoms with Crippen molar-refractivity contribution in [2.24, 2.45) is 0 Å². The van der Waals surface area contributed by atoms with Crippen molar-refractivity contribution in [1.82, 2.24) is 0 Å². The molecule has 266 valence electrons. The lowest BCUT2D eigenvalue weighted by atomic mass is 9.93. The molecule has 0 radical (unpaired) electrons. The summed E-state index contributed by atoms with van der Waals surface area (Å²) in [6.45, 7) is 1.34. The van der Waals surface area contributed by atoms with E-state index in [2.05, 4.69) is 11.8 Å². The summed E-state index contributed by atoms with van der Waals surface area (Å²) in [5, 5.41) is 12.0. The first kappa shape index (κ1) is 36.5. The highest BCUT2D eigenvalue weighted by Gasteiger charge is 2.48. The van der Waals surface area contributed by atoms with Crippen molar-refractivity contribution in [2.45, 2.75) is 56.9 Å². The average molecular weight is 700 g/mol. The molecule has 0 bridgehead atoms. The molecule has 1 aliphatic rings. The van der Waals surface area contributed by atoms with E-state index in [9.17, 15) is 10.1 Å². The Bertz CT molecular complexity index is 1900. The van der Waals surface area contributed by atoms with E-state index in [-0.39, 0.29) is 36.8 Å². The number of nitrogens with zero attached hydrogens (tertiary/aromatic N) is 1. The van der Waals surface area contributed by atoms with E-state index in [1.54, 1.807) is 12.1 Å². The first-order valence-corrected chi connectivity index (χ1v) is 17.2. The summed E-state index contributed by atoms with van der Waals surface area (Å²) in [5.41, 5.74) is 3.89. The summed E-state index contributed by atoms with van der Waals surface area (Å²) in [5.74, 6) is 6.49. The molecule has 0 saturated carbocycles. The second kappa shape index (κ2) is 18.8. The molecule has 0 aromatic heterocycles. The second-order valence-corrected chi connectivity index (χ2v) is 12.3. The van der Waals surface area contributed by atoms with Gasteiger partial charge in [0.15, 0.2) is 0 Å². The Morgan fingerprint density at radius 1 is 0.615 bits per heavy atom. The minimum Gasteiger partial charge on any atom is -0.495 e. The first-order valence-electron chi connectivity index (χ1n) is 17.2. The fourth-order valence-electron chi connectivity index (χ4n) is 6.02. The largest absolute Gasteiger partial charge is 0.495 e. The highest BCUT2D eigenvalue weighted by atomic mass is 16.6. The maximum atomic E-state index is 12.0. The fourth-order valence-corrected chi connectivity index (χ4v) is 6.02. The predicted octanol–water partition coefficient (Wildman–Crippen LogP) is 7.70. The van der Waals surface area contributed by atoms with Gasteiger partial charge in [-0.25, -0.2) is 0 Å². The zero-order chi connectivity index (χ0) is 36.0. The van der Waals surface area contributed by atoms with E-state index < -0.39 is 35.4 Å². The molecule has 9 nitrogen and oxygen atoms in total. The molecule has 0 N–H and O–H groups in total. The van der Waals surface area contributed by atoms with Crippen LogP contribution in [-0.4, -0.2) is 49.2 Å². The van der Waals surface area contributed by atoms with Crippen molar-refractivity contribution >= 4 is 5.69 Å². The Morgan fingerprint density at radius 2 is 1.10 bits per heavy atom. The van der Waals surface area contributed by atoms with Crippen molar-refractivity contribution in [3.05, 3.63) is 177 Å². The van der Waals surface area contributed by atoms with Crippen molar-refractivity contribution in [3.63, 3.8) is 0 Å². The summed E-state index contributed by atoms with van der Waals surface area (Å²) < 4.78 is 38.6. The van der Waals surface area contributed by atoms with Gasteiger partial charge in [0.25, 0.3) is 5.69 Å². The number of benzene rings is 5. The summed E-state index contributed by atoms with van der Waals surface area (Å²) in [6.07, 6.45) is -3.62. The third-order valence-corrected chi connectivity index (χ3v) is 8.64. The van der Waals surface area contributed by atoms with Gasteiger partial charge in [0.05, 0.1) is 45.1 Å². The van der Waals surface area contributed by atoms with E-state index in [0.717, 1.165) is 22.3 Å². The maximum absolute atomic E-state index is 12.0. The molecule has 1 saturated heterocycles. The summed E-state index contributed by atoms with van der Waals surface area (Å²) >= 11 is 0. The van der Waals surface area contributed by atoms with Crippen LogP contribution in [0.1, 0.15) is 27.8 Å². The summed E-state index contributed by atoms with van der Waals surface area (Å²) in [4.78, 5) is 11.6. The molecule has 1 fully saturated rings. The smallest absolute Gasteiger partial charge is 0.288 e. The minimum atomic E-state index is -0.893. The Labute approximate surface area is 304 Å². The van der Waals surface area contributed by atoms with Crippen molar-refractivity contribution in [1.29, 1.82) is 0 Å². The first-order chi connectivity index (χ1) is 25.6. The van der Waals surface area contributed by atoms with Gasteiger partial charge in [0.2, 0.25) is 0 Å². The molecule has 5 atom stereocenters. The SMILES string of the molecule is COc1cccc([N+](=O)[O-])c1C#C[C@@H]1O[C@H](COCc2ccccc2)[C@@H](OCc2ccccc2)[C@H](OCc2ccccc2)[C@H]1OCc1ccccc1. The van der Waals surface area contributed by atoms with Crippen LogP contribution in [0.4, 0.5) is 5.69 Å². The molecule has 52 heavy (non-hydrogen) atoms. The van der Waals surface area contributed by atoms with E-state index >= 15 is 0 Å². The predicted molar refractivity (Wildman–Crippen MR) is 196 cm³/mol. The van der Waals surface area contributed by atoms with E-state index in [1.165, 1.54) is 13.2 Å². The van der Waals surface area contributed by atoms with Crippen molar-refractivity contribution in [3.8, 4) is 17.6 Å². The lowest BCUT2D eigenvalue weighted by molar-refractivity contribution is -0.385. The molecule has 9 heteroatoms. The minimum absolute atomic E-state index is 0.140. The van der Waals surface area contributed by atoms with Crippen LogP contribution in [0.5, 0.6) is 5.75 Å². The normalized spacial score (nSPS) is 19.7. The number of methoxy groups -OCH3 is 1. The summed E-state index contributed by atoms with van der Waals surface area (Å²) in [6, 6.07) is 44.1. The van der Waals surface area contributed by atoms with Crippen LogP contribution >= 0.6 is 0 Å². The molecule has 1 aliphatic heterocycles. The maximum Gasteiger partial charge on any atom is 0.288 e. The third-order valence-electron chi connectivity index (χ3n) is 8.64. The molecule has 0 amide bonds. The van der Waals surface area contributed by atoms with Gasteiger partial charge in [-0.1, -0.05) is 139 Å². The second-order valence-electron chi connectivity index (χ2n) is 12.3. The molecular formula is C43H41NO8. The molecule has 5 aromatic rings. The zero-order valence-electron chi connectivity index (χ0n) is 28.9.